The molecule has 0 aromatic carbocycles. The molecule has 0 fully saturated rings. The molecule has 3 nitrogen and oxygen atoms in total. The first-order chi connectivity index (χ1) is 6.11. The molecule has 0 saturated carbocycles. The van der Waals surface area contributed by atoms with Crippen molar-refractivity contribution < 1.29 is 0 Å². The van der Waals surface area contributed by atoms with Gasteiger partial charge in [0.2, 0.25) is 0 Å². The Kier molecular flexibility index (Phi) is 3.90. The monoisotopic (exact) mass is 219 g/mol. The number of rotatable bonds is 3. The fourth-order valence-electron chi connectivity index (χ4n) is 0.950. The van der Waals surface area contributed by atoms with E-state index >= 15 is 0 Å². The topological polar surface area (TPSA) is 51.8 Å². The number of nitrogens with two attached hydrogens (primary N) is 1. The first-order valence-electron chi connectivity index (χ1n) is 4.01. The van der Waals surface area contributed by atoms with E-state index < -0.39 is 0 Å². The van der Waals surface area contributed by atoms with Gasteiger partial charge in [-0.15, -0.1) is 0 Å². The summed E-state index contributed by atoms with van der Waals surface area (Å²) in [5, 5.41) is 0.835. The predicted octanol–water partition coefficient (Wildman–Crippen LogP) is 2.06. The molecule has 0 aliphatic rings. The van der Waals surface area contributed by atoms with Gasteiger partial charge < -0.3 is 5.73 Å². The van der Waals surface area contributed by atoms with Gasteiger partial charge in [0.25, 0.3) is 0 Å². The highest BCUT2D eigenvalue weighted by molar-refractivity contribution is 6.34. The number of aromatic nitrogens is 2. The molecule has 2 N–H and O–H groups in total. The Bertz CT molecular complexity index is 268. The molecule has 0 radical (unpaired) electrons. The molecule has 1 heterocycles. The zero-order chi connectivity index (χ0) is 9.84. The van der Waals surface area contributed by atoms with E-state index in [2.05, 4.69) is 9.97 Å². The van der Waals surface area contributed by atoms with Gasteiger partial charge in [0.1, 0.15) is 16.6 Å². The maximum Gasteiger partial charge on any atom is 0.137 e. The molecule has 13 heavy (non-hydrogen) atoms. The van der Waals surface area contributed by atoms with Gasteiger partial charge in [-0.05, 0) is 19.8 Å². The van der Waals surface area contributed by atoms with Crippen LogP contribution in [0.2, 0.25) is 10.3 Å². The third-order valence-electron chi connectivity index (χ3n) is 1.69. The van der Waals surface area contributed by atoms with E-state index in [1.54, 1.807) is 0 Å². The molecule has 0 bridgehead atoms. The summed E-state index contributed by atoms with van der Waals surface area (Å²) in [6.45, 7) is 1.94. The van der Waals surface area contributed by atoms with Gasteiger partial charge >= 0.3 is 0 Å². The lowest BCUT2D eigenvalue weighted by atomic mass is 10.1. The van der Waals surface area contributed by atoms with E-state index in [4.69, 9.17) is 28.9 Å². The Morgan fingerprint density at radius 2 is 1.92 bits per heavy atom. The van der Waals surface area contributed by atoms with E-state index in [0.29, 0.717) is 10.3 Å². The quantitative estimate of drug-likeness (QED) is 0.793. The van der Waals surface area contributed by atoms with Crippen LogP contribution in [0.1, 0.15) is 18.9 Å². The van der Waals surface area contributed by atoms with Crippen LogP contribution >= 0.6 is 23.2 Å². The Labute approximate surface area is 87.3 Å². The van der Waals surface area contributed by atoms with Crippen molar-refractivity contribution in [3.05, 3.63) is 22.2 Å². The lowest BCUT2D eigenvalue weighted by Crippen LogP contribution is -2.15. The van der Waals surface area contributed by atoms with E-state index in [1.807, 2.05) is 6.92 Å². The number of halogens is 2. The van der Waals surface area contributed by atoms with E-state index in [-0.39, 0.29) is 6.04 Å². The van der Waals surface area contributed by atoms with Gasteiger partial charge in [0.05, 0.1) is 0 Å². The van der Waals surface area contributed by atoms with Gasteiger partial charge in [-0.1, -0.05) is 23.2 Å². The normalized spacial score (nSPS) is 12.9. The van der Waals surface area contributed by atoms with Gasteiger partial charge in [0.15, 0.2) is 0 Å². The summed E-state index contributed by atoms with van der Waals surface area (Å²) in [5.41, 5.74) is 6.39. The van der Waals surface area contributed by atoms with Crippen LogP contribution < -0.4 is 5.73 Å². The second-order valence-corrected chi connectivity index (χ2v) is 3.67. The highest BCUT2D eigenvalue weighted by Gasteiger charge is 2.08. The molecule has 1 rings (SSSR count). The van der Waals surface area contributed by atoms with Gasteiger partial charge in [0, 0.05) is 11.6 Å². The smallest absolute Gasteiger partial charge is 0.137 e. The minimum Gasteiger partial charge on any atom is -0.328 e. The zero-order valence-electron chi connectivity index (χ0n) is 7.30. The highest BCUT2D eigenvalue weighted by Crippen LogP contribution is 2.21. The van der Waals surface area contributed by atoms with E-state index in [0.717, 1.165) is 18.4 Å². The third kappa shape index (κ3) is 3.10. The molecular formula is C8H11Cl2N3. The van der Waals surface area contributed by atoms with Crippen molar-refractivity contribution in [1.29, 1.82) is 0 Å². The fraction of sp³-hybridized carbons (Fsp3) is 0.500. The standard InChI is InChI=1S/C8H11Cl2N3/c1-5(11)2-3-6-7(9)12-4-13-8(6)10/h4-5H,2-3,11H2,1H3/t5-/m0/s1. The molecule has 0 unspecified atom stereocenters. The molecule has 1 aromatic rings. The second-order valence-electron chi connectivity index (χ2n) is 2.95. The number of hydrogen-bond acceptors (Lipinski definition) is 3. The molecule has 1 atom stereocenters. The van der Waals surface area contributed by atoms with Crippen LogP contribution in [0.3, 0.4) is 0 Å². The lowest BCUT2D eigenvalue weighted by Gasteiger charge is -2.06. The first kappa shape index (κ1) is 10.7. The third-order valence-corrected chi connectivity index (χ3v) is 2.34. The summed E-state index contributed by atoms with van der Waals surface area (Å²) >= 11 is 11.7. The van der Waals surface area contributed by atoms with Crippen LogP contribution in [0.15, 0.2) is 6.33 Å². The molecular weight excluding hydrogens is 209 g/mol. The maximum absolute atomic E-state index is 5.84. The molecule has 1 aromatic heterocycles. The van der Waals surface area contributed by atoms with Crippen molar-refractivity contribution in [2.24, 2.45) is 5.73 Å². The fourth-order valence-corrected chi connectivity index (χ4v) is 1.45. The Hall–Kier alpha value is -0.380. The van der Waals surface area contributed by atoms with Crippen LogP contribution in [0, 0.1) is 0 Å². The van der Waals surface area contributed by atoms with E-state index in [1.165, 1.54) is 6.33 Å². The molecule has 0 amide bonds. The minimum absolute atomic E-state index is 0.132. The molecule has 72 valence electrons. The summed E-state index contributed by atoms with van der Waals surface area (Å²) < 4.78 is 0. The van der Waals surface area contributed by atoms with Gasteiger partial charge in [-0.3, -0.25) is 0 Å². The van der Waals surface area contributed by atoms with Crippen molar-refractivity contribution in [2.75, 3.05) is 0 Å². The van der Waals surface area contributed by atoms with Crippen molar-refractivity contribution in [1.82, 2.24) is 9.97 Å². The Balaban J connectivity index is 2.75. The highest BCUT2D eigenvalue weighted by atomic mass is 35.5. The van der Waals surface area contributed by atoms with Gasteiger partial charge in [-0.25, -0.2) is 9.97 Å². The summed E-state index contributed by atoms with van der Waals surface area (Å²) in [6, 6.07) is 0.132. The molecule has 0 spiro atoms. The van der Waals surface area contributed by atoms with Crippen LogP contribution in [-0.4, -0.2) is 16.0 Å². The summed E-state index contributed by atoms with van der Waals surface area (Å²) in [7, 11) is 0. The molecule has 5 heteroatoms. The van der Waals surface area contributed by atoms with Crippen molar-refractivity contribution in [3.63, 3.8) is 0 Å². The predicted molar refractivity (Wildman–Crippen MR) is 54.0 cm³/mol. The molecule has 0 saturated heterocycles. The molecule has 0 aliphatic carbocycles. The maximum atomic E-state index is 5.84. The number of nitrogens with zero attached hydrogens (tertiary/aromatic N) is 2. The summed E-state index contributed by atoms with van der Waals surface area (Å²) in [4.78, 5) is 7.69. The average molecular weight is 220 g/mol. The van der Waals surface area contributed by atoms with Crippen LogP contribution in [0.25, 0.3) is 0 Å². The summed E-state index contributed by atoms with van der Waals surface area (Å²) in [5.74, 6) is 0. The van der Waals surface area contributed by atoms with Crippen molar-refractivity contribution >= 4 is 23.2 Å². The minimum atomic E-state index is 0.132. The molecule has 0 aliphatic heterocycles. The van der Waals surface area contributed by atoms with Gasteiger partial charge in [-0.2, -0.15) is 0 Å². The number of hydrogen-bond donors (Lipinski definition) is 1. The second kappa shape index (κ2) is 4.74. The largest absolute Gasteiger partial charge is 0.328 e. The Morgan fingerprint density at radius 1 is 1.38 bits per heavy atom. The SMILES string of the molecule is C[C@H](N)CCc1c(Cl)ncnc1Cl. The first-order valence-corrected chi connectivity index (χ1v) is 4.77. The van der Waals surface area contributed by atoms with Crippen LogP contribution in [0.4, 0.5) is 0 Å². The zero-order valence-corrected chi connectivity index (χ0v) is 8.81. The van der Waals surface area contributed by atoms with E-state index in [9.17, 15) is 0 Å². The van der Waals surface area contributed by atoms with Crippen LogP contribution in [0.5, 0.6) is 0 Å². The summed E-state index contributed by atoms with van der Waals surface area (Å²) in [6.07, 6.45) is 2.89. The average Bonchev–Trinajstić information content (AvgIpc) is 2.03. The Morgan fingerprint density at radius 3 is 2.38 bits per heavy atom. The van der Waals surface area contributed by atoms with Crippen LogP contribution in [-0.2, 0) is 6.42 Å². The van der Waals surface area contributed by atoms with Crippen molar-refractivity contribution in [3.8, 4) is 0 Å². The lowest BCUT2D eigenvalue weighted by molar-refractivity contribution is 0.664. The van der Waals surface area contributed by atoms with Crippen molar-refractivity contribution in [2.45, 2.75) is 25.8 Å².